The van der Waals surface area contributed by atoms with Crippen LogP contribution in [0.3, 0.4) is 0 Å². The van der Waals surface area contributed by atoms with Crippen LogP contribution >= 0.6 is 22.6 Å². The SMILES string of the molecule is O=S(=O)(Oc1ccc(I)c2c1C1(CCCC1)CC2)C(F)(F)F. The van der Waals surface area contributed by atoms with Crippen LogP contribution < -0.4 is 4.18 Å². The Labute approximate surface area is 140 Å². The van der Waals surface area contributed by atoms with E-state index in [0.717, 1.165) is 47.7 Å². The third-order valence-corrected chi connectivity index (χ3v) is 6.62. The molecule has 0 heterocycles. The largest absolute Gasteiger partial charge is 0.534 e. The fourth-order valence-electron chi connectivity index (χ4n) is 3.70. The van der Waals surface area contributed by atoms with Crippen LogP contribution in [0.4, 0.5) is 13.2 Å². The Bertz CT molecular complexity index is 707. The lowest BCUT2D eigenvalue weighted by atomic mass is 9.80. The summed E-state index contributed by atoms with van der Waals surface area (Å²) in [4.78, 5) is 0. The van der Waals surface area contributed by atoms with Crippen molar-refractivity contribution in [2.75, 3.05) is 0 Å². The number of rotatable bonds is 2. The first-order chi connectivity index (χ1) is 10.2. The Balaban J connectivity index is 2.10. The van der Waals surface area contributed by atoms with E-state index in [0.29, 0.717) is 5.56 Å². The Morgan fingerprint density at radius 2 is 1.77 bits per heavy atom. The Hall–Kier alpha value is -0.510. The van der Waals surface area contributed by atoms with Gasteiger partial charge in [-0.1, -0.05) is 12.8 Å². The van der Waals surface area contributed by atoms with Gasteiger partial charge in [0.05, 0.1) is 0 Å². The maximum atomic E-state index is 12.6. The average Bonchev–Trinajstić information content (AvgIpc) is 3.01. The molecule has 1 aromatic rings. The second-order valence-electron chi connectivity index (χ2n) is 5.87. The normalized spacial score (nSPS) is 20.4. The van der Waals surface area contributed by atoms with Gasteiger partial charge < -0.3 is 4.18 Å². The molecular formula is C14H14F3IO3S. The molecule has 0 unspecified atom stereocenters. The van der Waals surface area contributed by atoms with E-state index < -0.39 is 15.6 Å². The molecule has 0 aliphatic heterocycles. The van der Waals surface area contributed by atoms with Gasteiger partial charge in [0.2, 0.25) is 0 Å². The molecule has 0 N–H and O–H groups in total. The lowest BCUT2D eigenvalue weighted by Gasteiger charge is -2.26. The average molecular weight is 446 g/mol. The summed E-state index contributed by atoms with van der Waals surface area (Å²) in [5.41, 5.74) is -4.00. The number of benzene rings is 1. The molecular weight excluding hydrogens is 432 g/mol. The molecule has 1 spiro atoms. The van der Waals surface area contributed by atoms with Crippen LogP contribution in [-0.2, 0) is 22.0 Å². The molecule has 0 saturated heterocycles. The van der Waals surface area contributed by atoms with Crippen LogP contribution in [0.15, 0.2) is 12.1 Å². The van der Waals surface area contributed by atoms with E-state index in [4.69, 9.17) is 0 Å². The highest BCUT2D eigenvalue weighted by molar-refractivity contribution is 14.1. The highest BCUT2D eigenvalue weighted by Crippen LogP contribution is 2.54. The number of halogens is 4. The lowest BCUT2D eigenvalue weighted by Crippen LogP contribution is -2.29. The highest BCUT2D eigenvalue weighted by atomic mass is 127. The molecule has 1 fully saturated rings. The van der Waals surface area contributed by atoms with Crippen LogP contribution in [0.5, 0.6) is 5.75 Å². The Morgan fingerprint density at radius 3 is 2.36 bits per heavy atom. The van der Waals surface area contributed by atoms with Crippen molar-refractivity contribution < 1.29 is 25.8 Å². The van der Waals surface area contributed by atoms with Crippen LogP contribution in [0.2, 0.25) is 0 Å². The first-order valence-electron chi connectivity index (χ1n) is 6.99. The zero-order valence-corrected chi connectivity index (χ0v) is 14.5. The van der Waals surface area contributed by atoms with Gasteiger partial charge in [-0.3, -0.25) is 0 Å². The minimum atomic E-state index is -5.63. The first kappa shape index (κ1) is 16.4. The van der Waals surface area contributed by atoms with Crippen molar-refractivity contribution in [3.63, 3.8) is 0 Å². The van der Waals surface area contributed by atoms with Gasteiger partial charge in [-0.2, -0.15) is 21.6 Å². The molecule has 3 rings (SSSR count). The van der Waals surface area contributed by atoms with E-state index in [-0.39, 0.29) is 11.2 Å². The zero-order chi connectivity index (χ0) is 16.2. The Kier molecular flexibility index (Phi) is 3.90. The number of hydrogen-bond acceptors (Lipinski definition) is 3. The van der Waals surface area contributed by atoms with Gasteiger partial charge in [0.1, 0.15) is 5.75 Å². The topological polar surface area (TPSA) is 43.4 Å². The van der Waals surface area contributed by atoms with Crippen molar-refractivity contribution in [3.8, 4) is 5.75 Å². The maximum Gasteiger partial charge on any atom is 0.534 e. The van der Waals surface area contributed by atoms with Crippen molar-refractivity contribution in [1.82, 2.24) is 0 Å². The van der Waals surface area contributed by atoms with Gasteiger partial charge in [0.25, 0.3) is 0 Å². The van der Waals surface area contributed by atoms with Gasteiger partial charge in [-0.25, -0.2) is 0 Å². The molecule has 0 aromatic heterocycles. The zero-order valence-electron chi connectivity index (χ0n) is 11.5. The molecule has 3 nitrogen and oxygen atoms in total. The first-order valence-corrected chi connectivity index (χ1v) is 9.48. The predicted molar refractivity (Wildman–Crippen MR) is 83.2 cm³/mol. The van der Waals surface area contributed by atoms with Crippen LogP contribution in [-0.4, -0.2) is 13.9 Å². The third kappa shape index (κ3) is 2.51. The maximum absolute atomic E-state index is 12.6. The second kappa shape index (κ2) is 5.25. The third-order valence-electron chi connectivity index (χ3n) is 4.65. The molecule has 0 atom stereocenters. The van der Waals surface area contributed by atoms with Crippen molar-refractivity contribution >= 4 is 32.7 Å². The minimum absolute atomic E-state index is 0.146. The van der Waals surface area contributed by atoms with Crippen molar-refractivity contribution in [1.29, 1.82) is 0 Å². The van der Waals surface area contributed by atoms with E-state index in [1.807, 2.05) is 0 Å². The molecule has 2 aliphatic carbocycles. The molecule has 0 amide bonds. The van der Waals surface area contributed by atoms with Crippen molar-refractivity contribution in [3.05, 3.63) is 26.8 Å². The van der Waals surface area contributed by atoms with E-state index in [9.17, 15) is 21.6 Å². The van der Waals surface area contributed by atoms with E-state index in [1.165, 1.54) is 6.07 Å². The summed E-state index contributed by atoms with van der Waals surface area (Å²) in [6.45, 7) is 0. The summed E-state index contributed by atoms with van der Waals surface area (Å²) in [5.74, 6) is -0.146. The fraction of sp³-hybridized carbons (Fsp3) is 0.571. The molecule has 1 aromatic carbocycles. The molecule has 1 saturated carbocycles. The summed E-state index contributed by atoms with van der Waals surface area (Å²) >= 11 is 2.14. The van der Waals surface area contributed by atoms with Gasteiger partial charge in [-0.05, 0) is 71.4 Å². The minimum Gasteiger partial charge on any atom is -0.376 e. The summed E-state index contributed by atoms with van der Waals surface area (Å²) in [6, 6.07) is 2.98. The van der Waals surface area contributed by atoms with Crippen LogP contribution in [0.25, 0.3) is 0 Å². The predicted octanol–water partition coefficient (Wildman–Crippen LogP) is 4.28. The molecule has 8 heteroatoms. The number of hydrogen-bond donors (Lipinski definition) is 0. The lowest BCUT2D eigenvalue weighted by molar-refractivity contribution is -0.0500. The quantitative estimate of drug-likeness (QED) is 0.387. The standard InChI is InChI=1S/C14H14F3IO3S/c15-14(16,17)22(19,20)21-11-4-3-10(18)9-5-8-13(12(9)11)6-1-2-7-13/h3-4H,1-2,5-8H2. The highest BCUT2D eigenvalue weighted by Gasteiger charge is 2.50. The van der Waals surface area contributed by atoms with E-state index >= 15 is 0 Å². The summed E-state index contributed by atoms with van der Waals surface area (Å²) in [5, 5.41) is 0. The monoisotopic (exact) mass is 446 g/mol. The summed E-state index contributed by atoms with van der Waals surface area (Å²) < 4.78 is 66.0. The Morgan fingerprint density at radius 1 is 1.14 bits per heavy atom. The van der Waals surface area contributed by atoms with Gasteiger partial charge in [-0.15, -0.1) is 0 Å². The molecule has 0 bridgehead atoms. The van der Waals surface area contributed by atoms with Crippen LogP contribution in [0.1, 0.15) is 43.2 Å². The summed E-state index contributed by atoms with van der Waals surface area (Å²) in [7, 11) is -5.63. The van der Waals surface area contributed by atoms with Crippen molar-refractivity contribution in [2.24, 2.45) is 0 Å². The second-order valence-corrected chi connectivity index (χ2v) is 8.57. The molecule has 122 valence electrons. The molecule has 22 heavy (non-hydrogen) atoms. The van der Waals surface area contributed by atoms with Crippen LogP contribution in [0, 0.1) is 3.57 Å². The van der Waals surface area contributed by atoms with E-state index in [1.54, 1.807) is 6.07 Å². The smallest absolute Gasteiger partial charge is 0.376 e. The van der Waals surface area contributed by atoms with Gasteiger partial charge >= 0.3 is 15.6 Å². The fourth-order valence-corrected chi connectivity index (χ4v) is 4.89. The van der Waals surface area contributed by atoms with Gasteiger partial charge in [0.15, 0.2) is 0 Å². The molecule has 2 aliphatic rings. The van der Waals surface area contributed by atoms with Gasteiger partial charge in [0, 0.05) is 9.13 Å². The number of fused-ring (bicyclic) bond motifs is 2. The van der Waals surface area contributed by atoms with E-state index in [2.05, 4.69) is 26.8 Å². The molecule has 0 radical (unpaired) electrons. The van der Waals surface area contributed by atoms with Crippen molar-refractivity contribution in [2.45, 2.75) is 49.4 Å². The number of alkyl halides is 3. The summed E-state index contributed by atoms with van der Waals surface area (Å²) in [6.07, 6.45) is 5.39.